The zero-order valence-electron chi connectivity index (χ0n) is 13.9. The van der Waals surface area contributed by atoms with Crippen LogP contribution in [0.2, 0.25) is 0 Å². The van der Waals surface area contributed by atoms with Crippen LogP contribution in [0.4, 0.5) is 13.2 Å². The van der Waals surface area contributed by atoms with Gasteiger partial charge in [0.25, 0.3) is 0 Å². The molecule has 10 heteroatoms. The maximum absolute atomic E-state index is 12.6. The SMILES string of the molecule is Cc1nn(CC(F)(F)F)c(C)c1CC(=O)NC1(C(=O)O)CCSCC1. The van der Waals surface area contributed by atoms with Crippen LogP contribution in [0.3, 0.4) is 0 Å². The molecule has 1 saturated heterocycles. The third-order valence-corrected chi connectivity index (χ3v) is 5.32. The molecule has 0 bridgehead atoms. The second kappa shape index (κ2) is 7.27. The van der Waals surface area contributed by atoms with Gasteiger partial charge in [-0.15, -0.1) is 0 Å². The van der Waals surface area contributed by atoms with Crippen molar-refractivity contribution in [3.8, 4) is 0 Å². The molecule has 2 N–H and O–H groups in total. The normalized spacial score (nSPS) is 17.3. The number of hydrogen-bond acceptors (Lipinski definition) is 4. The van der Waals surface area contributed by atoms with Gasteiger partial charge in [0.15, 0.2) is 0 Å². The van der Waals surface area contributed by atoms with Crippen molar-refractivity contribution in [1.29, 1.82) is 0 Å². The maximum Gasteiger partial charge on any atom is 0.408 e. The molecular formula is C15H20F3N3O3S. The minimum Gasteiger partial charge on any atom is -0.480 e. The Morgan fingerprint density at radius 2 is 1.92 bits per heavy atom. The number of halogens is 3. The molecule has 0 atom stereocenters. The van der Waals surface area contributed by atoms with E-state index in [1.807, 2.05) is 0 Å². The van der Waals surface area contributed by atoms with Gasteiger partial charge in [-0.2, -0.15) is 30.0 Å². The van der Waals surface area contributed by atoms with Crippen LogP contribution in [-0.4, -0.2) is 50.0 Å². The lowest BCUT2D eigenvalue weighted by molar-refractivity contribution is -0.148. The van der Waals surface area contributed by atoms with Gasteiger partial charge < -0.3 is 10.4 Å². The lowest BCUT2D eigenvalue weighted by Crippen LogP contribution is -2.56. The first-order chi connectivity index (χ1) is 11.5. The zero-order valence-corrected chi connectivity index (χ0v) is 14.8. The van der Waals surface area contributed by atoms with Gasteiger partial charge in [-0.05, 0) is 38.2 Å². The highest BCUT2D eigenvalue weighted by Crippen LogP contribution is 2.28. The Balaban J connectivity index is 2.14. The molecule has 1 aliphatic heterocycles. The molecule has 25 heavy (non-hydrogen) atoms. The van der Waals surface area contributed by atoms with Crippen LogP contribution in [0.5, 0.6) is 0 Å². The van der Waals surface area contributed by atoms with E-state index in [9.17, 15) is 27.9 Å². The molecule has 1 aromatic rings. The topological polar surface area (TPSA) is 84.2 Å². The van der Waals surface area contributed by atoms with Crippen LogP contribution in [0.1, 0.15) is 29.8 Å². The van der Waals surface area contributed by atoms with Crippen molar-refractivity contribution < 1.29 is 27.9 Å². The van der Waals surface area contributed by atoms with Crippen LogP contribution in [0, 0.1) is 13.8 Å². The second-order valence-electron chi connectivity index (χ2n) is 6.15. The van der Waals surface area contributed by atoms with Gasteiger partial charge in [0.1, 0.15) is 12.1 Å². The number of hydrogen-bond donors (Lipinski definition) is 2. The lowest BCUT2D eigenvalue weighted by atomic mass is 9.92. The number of rotatable bonds is 5. The number of nitrogens with one attached hydrogen (secondary N) is 1. The van der Waals surface area contributed by atoms with Crippen LogP contribution in [-0.2, 0) is 22.6 Å². The number of aryl methyl sites for hydroxylation is 1. The number of aromatic nitrogens is 2. The molecule has 0 aliphatic carbocycles. The number of amides is 1. The summed E-state index contributed by atoms with van der Waals surface area (Å²) in [5, 5.41) is 15.9. The third kappa shape index (κ3) is 4.68. The Bertz CT molecular complexity index is 667. The van der Waals surface area contributed by atoms with Crippen LogP contribution in [0.25, 0.3) is 0 Å². The summed E-state index contributed by atoms with van der Waals surface area (Å²) in [6.45, 7) is 1.78. The number of carbonyl (C=O) groups is 2. The van der Waals surface area contributed by atoms with Crippen LogP contribution >= 0.6 is 11.8 Å². The summed E-state index contributed by atoms with van der Waals surface area (Å²) < 4.78 is 38.5. The first-order valence-corrected chi connectivity index (χ1v) is 8.91. The summed E-state index contributed by atoms with van der Waals surface area (Å²) in [7, 11) is 0. The van der Waals surface area contributed by atoms with E-state index in [-0.39, 0.29) is 12.1 Å². The summed E-state index contributed by atoms with van der Waals surface area (Å²) in [5.74, 6) is -0.336. The van der Waals surface area contributed by atoms with E-state index in [1.165, 1.54) is 13.8 Å². The standard InChI is InChI=1S/C15H20F3N3O3S/c1-9-11(10(2)21(20-9)8-15(16,17)18)7-12(22)19-14(13(23)24)3-5-25-6-4-14/h3-8H2,1-2H3,(H,19,22)(H,23,24). The zero-order chi connectivity index (χ0) is 18.8. The number of aliphatic carboxylic acids is 1. The molecule has 0 radical (unpaired) electrons. The van der Waals surface area contributed by atoms with Gasteiger partial charge >= 0.3 is 12.1 Å². The lowest BCUT2D eigenvalue weighted by Gasteiger charge is -2.33. The number of thioether (sulfide) groups is 1. The highest BCUT2D eigenvalue weighted by atomic mass is 32.2. The van der Waals surface area contributed by atoms with E-state index in [0.717, 1.165) is 4.68 Å². The van der Waals surface area contributed by atoms with E-state index in [2.05, 4.69) is 10.4 Å². The Morgan fingerprint density at radius 3 is 2.44 bits per heavy atom. The molecule has 0 saturated carbocycles. The first-order valence-electron chi connectivity index (χ1n) is 7.76. The minimum absolute atomic E-state index is 0.197. The Kier molecular flexibility index (Phi) is 5.70. The summed E-state index contributed by atoms with van der Waals surface area (Å²) >= 11 is 1.62. The predicted octanol–water partition coefficient (Wildman–Crippen LogP) is 2.07. The summed E-state index contributed by atoms with van der Waals surface area (Å²) in [5.41, 5.74) is -0.312. The van der Waals surface area contributed by atoms with E-state index in [0.29, 0.717) is 35.6 Å². The van der Waals surface area contributed by atoms with Crippen molar-refractivity contribution >= 4 is 23.6 Å². The summed E-state index contributed by atoms with van der Waals surface area (Å²) in [4.78, 5) is 23.9. The molecule has 1 fully saturated rings. The molecule has 0 unspecified atom stereocenters. The monoisotopic (exact) mass is 379 g/mol. The van der Waals surface area contributed by atoms with Gasteiger partial charge in [0, 0.05) is 11.3 Å². The molecule has 1 amide bonds. The molecule has 1 aromatic heterocycles. The third-order valence-electron chi connectivity index (χ3n) is 4.33. The molecule has 0 spiro atoms. The van der Waals surface area contributed by atoms with Crippen molar-refractivity contribution in [2.45, 2.75) is 51.4 Å². The smallest absolute Gasteiger partial charge is 0.408 e. The summed E-state index contributed by atoms with van der Waals surface area (Å²) in [6, 6.07) is 0. The number of carboxylic acid groups (broad SMARTS) is 1. The van der Waals surface area contributed by atoms with Gasteiger partial charge in [-0.1, -0.05) is 0 Å². The minimum atomic E-state index is -4.41. The van der Waals surface area contributed by atoms with Gasteiger partial charge in [-0.25, -0.2) is 4.79 Å². The van der Waals surface area contributed by atoms with Crippen molar-refractivity contribution in [2.24, 2.45) is 0 Å². The quantitative estimate of drug-likeness (QED) is 0.818. The Hall–Kier alpha value is -1.71. The van der Waals surface area contributed by atoms with Crippen molar-refractivity contribution in [3.63, 3.8) is 0 Å². The molecule has 140 valence electrons. The molecule has 0 aromatic carbocycles. The van der Waals surface area contributed by atoms with E-state index >= 15 is 0 Å². The Labute approximate surface area is 147 Å². The van der Waals surface area contributed by atoms with E-state index < -0.39 is 30.1 Å². The van der Waals surface area contributed by atoms with Crippen molar-refractivity contribution in [1.82, 2.24) is 15.1 Å². The fourth-order valence-corrected chi connectivity index (χ4v) is 4.09. The highest BCUT2D eigenvalue weighted by Gasteiger charge is 2.41. The van der Waals surface area contributed by atoms with Crippen molar-refractivity contribution in [2.75, 3.05) is 11.5 Å². The molecule has 1 aliphatic rings. The molecular weight excluding hydrogens is 359 g/mol. The molecule has 2 rings (SSSR count). The van der Waals surface area contributed by atoms with Crippen LogP contribution in [0.15, 0.2) is 0 Å². The number of nitrogens with zero attached hydrogens (tertiary/aromatic N) is 2. The maximum atomic E-state index is 12.6. The first kappa shape index (κ1) is 19.6. The van der Waals surface area contributed by atoms with Crippen LogP contribution < -0.4 is 5.32 Å². The Morgan fingerprint density at radius 1 is 1.32 bits per heavy atom. The molecule has 2 heterocycles. The van der Waals surface area contributed by atoms with Gasteiger partial charge in [0.2, 0.25) is 5.91 Å². The number of alkyl halides is 3. The summed E-state index contributed by atoms with van der Waals surface area (Å²) in [6.07, 6.45) is -3.96. The number of carboxylic acids is 1. The fraction of sp³-hybridized carbons (Fsp3) is 0.667. The average molecular weight is 379 g/mol. The van der Waals surface area contributed by atoms with Gasteiger partial charge in [0.05, 0.1) is 12.1 Å². The van der Waals surface area contributed by atoms with Crippen molar-refractivity contribution in [3.05, 3.63) is 17.0 Å². The van der Waals surface area contributed by atoms with E-state index in [4.69, 9.17) is 0 Å². The second-order valence-corrected chi connectivity index (χ2v) is 7.37. The average Bonchev–Trinajstić information content (AvgIpc) is 2.73. The van der Waals surface area contributed by atoms with E-state index in [1.54, 1.807) is 11.8 Å². The largest absolute Gasteiger partial charge is 0.480 e. The predicted molar refractivity (Wildman–Crippen MR) is 86.5 cm³/mol. The number of carbonyl (C=O) groups excluding carboxylic acids is 1. The molecule has 6 nitrogen and oxygen atoms in total. The highest BCUT2D eigenvalue weighted by molar-refractivity contribution is 7.99. The van der Waals surface area contributed by atoms with Gasteiger partial charge in [-0.3, -0.25) is 9.48 Å². The fourth-order valence-electron chi connectivity index (χ4n) is 2.90.